The zero-order valence-corrected chi connectivity index (χ0v) is 24.6. The summed E-state index contributed by atoms with van der Waals surface area (Å²) in [6, 6.07) is 3.60. The fraction of sp³-hybridized carbons (Fsp3) is 0.462. The van der Waals surface area contributed by atoms with Crippen LogP contribution in [0.15, 0.2) is 40.3 Å². The molecule has 3 aromatic rings. The number of aliphatic hydroxyl groups excluding tert-OH is 1. The molecule has 3 N–H and O–H groups in total. The molecule has 15 heteroatoms. The van der Waals surface area contributed by atoms with Crippen LogP contribution in [0, 0.1) is 19.8 Å². The molecule has 3 heterocycles. The number of rotatable bonds is 8. The molecule has 0 spiro atoms. The van der Waals surface area contributed by atoms with Crippen molar-refractivity contribution in [2.24, 2.45) is 13.0 Å². The molecule has 4 rings (SSSR count). The molecule has 222 valence electrons. The number of hydrogen-bond donors (Lipinski definition) is 3. The van der Waals surface area contributed by atoms with Gasteiger partial charge in [-0.05, 0) is 32.9 Å². The average molecular weight is 590 g/mol. The van der Waals surface area contributed by atoms with E-state index in [1.807, 2.05) is 6.92 Å². The smallest absolute Gasteiger partial charge is 0.323 e. The van der Waals surface area contributed by atoms with E-state index in [0.29, 0.717) is 17.1 Å². The summed E-state index contributed by atoms with van der Waals surface area (Å²) in [5.41, 5.74) is 1.26. The lowest BCUT2D eigenvalue weighted by Crippen LogP contribution is -2.50. The van der Waals surface area contributed by atoms with Gasteiger partial charge in [0.05, 0.1) is 36.8 Å². The van der Waals surface area contributed by atoms with E-state index in [4.69, 9.17) is 9.26 Å². The van der Waals surface area contributed by atoms with Gasteiger partial charge in [0.1, 0.15) is 17.5 Å². The Labute approximate surface area is 238 Å². The highest BCUT2D eigenvalue weighted by Gasteiger charge is 2.36. The van der Waals surface area contributed by atoms with E-state index in [0.717, 1.165) is 4.31 Å². The number of aryl methyl sites for hydroxylation is 3. The molecule has 3 amide bonds. The number of urea groups is 1. The van der Waals surface area contributed by atoms with Crippen molar-refractivity contribution in [3.8, 4) is 5.75 Å². The molecule has 0 aliphatic carbocycles. The van der Waals surface area contributed by atoms with Crippen molar-refractivity contribution in [3.63, 3.8) is 0 Å². The van der Waals surface area contributed by atoms with E-state index in [1.54, 1.807) is 46.0 Å². The number of aliphatic hydroxyl groups is 1. The first-order valence-corrected chi connectivity index (χ1v) is 14.4. The van der Waals surface area contributed by atoms with Gasteiger partial charge in [-0.3, -0.25) is 4.79 Å². The summed E-state index contributed by atoms with van der Waals surface area (Å²) < 4.78 is 40.6. The standard InChI is InChI=1S/C26H35N7O7S/c1-15-10-33(16(2)13-34)25(35)19-8-7-9-20(28-26(36)29-23-17(3)30-40-18(23)4)24(19)39-21(15)11-32(6)41(37,38)22-12-31(5)14-27-22/h7-9,12,14-16,21,34H,10-11,13H2,1-6H3,(H2,28,29,36)/t15-,16-,21+/m1/s1. The van der Waals surface area contributed by atoms with E-state index in [2.05, 4.69) is 20.8 Å². The molecule has 0 saturated heterocycles. The third-order valence-corrected chi connectivity index (χ3v) is 8.71. The van der Waals surface area contributed by atoms with Crippen LogP contribution >= 0.6 is 0 Å². The minimum absolute atomic E-state index is 0.0747. The number of hydrogen-bond acceptors (Lipinski definition) is 9. The van der Waals surface area contributed by atoms with Crippen molar-refractivity contribution < 1.29 is 32.4 Å². The monoisotopic (exact) mass is 589 g/mol. The number of ether oxygens (including phenoxy) is 1. The van der Waals surface area contributed by atoms with Crippen molar-refractivity contribution in [1.82, 2.24) is 23.9 Å². The number of likely N-dealkylation sites (N-methyl/N-ethyl adjacent to an activating group) is 1. The number of amides is 3. The summed E-state index contributed by atoms with van der Waals surface area (Å²) in [6.45, 7) is 6.75. The van der Waals surface area contributed by atoms with Crippen LogP contribution in [0.1, 0.15) is 35.7 Å². The maximum Gasteiger partial charge on any atom is 0.323 e. The Balaban J connectivity index is 1.70. The van der Waals surface area contributed by atoms with E-state index in [1.165, 1.54) is 29.0 Å². The van der Waals surface area contributed by atoms with Crippen molar-refractivity contribution in [2.75, 3.05) is 37.4 Å². The molecule has 2 aromatic heterocycles. The Kier molecular flexibility index (Phi) is 8.70. The highest BCUT2D eigenvalue weighted by atomic mass is 32.2. The second kappa shape index (κ2) is 11.9. The van der Waals surface area contributed by atoms with Gasteiger partial charge in [0, 0.05) is 32.8 Å². The first kappa shape index (κ1) is 30.0. The summed E-state index contributed by atoms with van der Waals surface area (Å²) in [7, 11) is -0.840. The van der Waals surface area contributed by atoms with Crippen LogP contribution in [0.5, 0.6) is 5.75 Å². The predicted molar refractivity (Wildman–Crippen MR) is 149 cm³/mol. The van der Waals surface area contributed by atoms with Crippen LogP contribution in [0.3, 0.4) is 0 Å². The SMILES string of the molecule is Cc1noc(C)c1NC(=O)Nc1cccc2c1O[C@@H](CN(C)S(=O)(=O)c1cn(C)cn1)[C@H](C)CN([C@H](C)CO)C2=O. The molecular weight excluding hydrogens is 554 g/mol. The maximum absolute atomic E-state index is 13.7. The molecule has 0 bridgehead atoms. The van der Waals surface area contributed by atoms with Crippen molar-refractivity contribution in [3.05, 3.63) is 47.7 Å². The van der Waals surface area contributed by atoms with Gasteiger partial charge in [-0.2, -0.15) is 4.31 Å². The topological polar surface area (TPSA) is 172 Å². The Morgan fingerprint density at radius 1 is 1.29 bits per heavy atom. The summed E-state index contributed by atoms with van der Waals surface area (Å²) in [4.78, 5) is 32.1. The molecule has 1 aliphatic rings. The number of imidazole rings is 1. The fourth-order valence-corrected chi connectivity index (χ4v) is 5.66. The molecule has 0 unspecified atom stereocenters. The molecule has 1 aromatic carbocycles. The lowest BCUT2D eigenvalue weighted by molar-refractivity contribution is 0.0389. The maximum atomic E-state index is 13.7. The minimum atomic E-state index is -3.94. The molecule has 0 saturated carbocycles. The number of carbonyl (C=O) groups is 2. The molecule has 3 atom stereocenters. The number of anilines is 2. The number of carbonyl (C=O) groups excluding carboxylic acids is 2. The van der Waals surface area contributed by atoms with E-state index in [-0.39, 0.29) is 47.6 Å². The molecular formula is C26H35N7O7S. The van der Waals surface area contributed by atoms with E-state index in [9.17, 15) is 23.1 Å². The molecule has 0 fully saturated rings. The molecule has 0 radical (unpaired) electrons. The highest BCUT2D eigenvalue weighted by Crippen LogP contribution is 2.35. The van der Waals surface area contributed by atoms with E-state index >= 15 is 0 Å². The predicted octanol–water partition coefficient (Wildman–Crippen LogP) is 2.21. The Morgan fingerprint density at radius 2 is 2.02 bits per heavy atom. The number of nitrogens with zero attached hydrogens (tertiary/aromatic N) is 5. The first-order chi connectivity index (χ1) is 19.3. The Bertz CT molecular complexity index is 1510. The lowest BCUT2D eigenvalue weighted by atomic mass is 9.99. The number of sulfonamides is 1. The highest BCUT2D eigenvalue weighted by molar-refractivity contribution is 7.89. The molecule has 1 aliphatic heterocycles. The van der Waals surface area contributed by atoms with Crippen LogP contribution in [0.4, 0.5) is 16.2 Å². The van der Waals surface area contributed by atoms with Crippen LogP contribution in [0.25, 0.3) is 0 Å². The van der Waals surface area contributed by atoms with E-state index < -0.39 is 34.1 Å². The average Bonchev–Trinajstić information content (AvgIpc) is 3.51. The van der Waals surface area contributed by atoms with Crippen LogP contribution < -0.4 is 15.4 Å². The Morgan fingerprint density at radius 3 is 2.63 bits per heavy atom. The van der Waals surface area contributed by atoms with Gasteiger partial charge in [-0.15, -0.1) is 0 Å². The quantitative estimate of drug-likeness (QED) is 0.356. The van der Waals surface area contributed by atoms with Gasteiger partial charge in [0.25, 0.3) is 15.9 Å². The largest absolute Gasteiger partial charge is 0.486 e. The van der Waals surface area contributed by atoms with Gasteiger partial charge >= 0.3 is 6.03 Å². The normalized spacial score (nSPS) is 18.3. The molecule has 41 heavy (non-hydrogen) atoms. The van der Waals surface area contributed by atoms with Gasteiger partial charge in [-0.25, -0.2) is 18.2 Å². The number of para-hydroxylation sites is 1. The van der Waals surface area contributed by atoms with Crippen molar-refractivity contribution >= 4 is 33.3 Å². The summed E-state index contributed by atoms with van der Waals surface area (Å²) in [6.07, 6.45) is 2.07. The van der Waals surface area contributed by atoms with Gasteiger partial charge in [0.2, 0.25) is 0 Å². The van der Waals surface area contributed by atoms with Gasteiger partial charge < -0.3 is 34.5 Å². The third kappa shape index (κ3) is 6.21. The second-order valence-electron chi connectivity index (χ2n) is 10.2. The van der Waals surface area contributed by atoms with Gasteiger partial charge in [0.15, 0.2) is 16.5 Å². The van der Waals surface area contributed by atoms with Crippen molar-refractivity contribution in [1.29, 1.82) is 0 Å². The van der Waals surface area contributed by atoms with Crippen LogP contribution in [-0.4, -0.2) is 88.3 Å². The van der Waals surface area contributed by atoms with Crippen LogP contribution in [-0.2, 0) is 17.1 Å². The fourth-order valence-electron chi connectivity index (χ4n) is 4.52. The van der Waals surface area contributed by atoms with Crippen molar-refractivity contribution in [2.45, 2.75) is 44.9 Å². The number of fused-ring (bicyclic) bond motifs is 1. The summed E-state index contributed by atoms with van der Waals surface area (Å²) in [5, 5.41) is 19.0. The number of nitrogens with one attached hydrogen (secondary N) is 2. The van der Waals surface area contributed by atoms with Gasteiger partial charge in [-0.1, -0.05) is 18.1 Å². The Hall–Kier alpha value is -3.95. The number of aromatic nitrogens is 3. The lowest BCUT2D eigenvalue weighted by Gasteiger charge is -2.38. The van der Waals surface area contributed by atoms with Crippen LogP contribution in [0.2, 0.25) is 0 Å². The third-order valence-electron chi connectivity index (χ3n) is 7.00. The first-order valence-electron chi connectivity index (χ1n) is 13.0. The second-order valence-corrected chi connectivity index (χ2v) is 12.2. The molecule has 14 nitrogen and oxygen atoms in total. The summed E-state index contributed by atoms with van der Waals surface area (Å²) in [5.74, 6) is -0.253. The zero-order chi connectivity index (χ0) is 30.1. The minimum Gasteiger partial charge on any atom is -0.486 e. The zero-order valence-electron chi connectivity index (χ0n) is 23.8. The summed E-state index contributed by atoms with van der Waals surface area (Å²) >= 11 is 0. The number of benzene rings is 1.